The fourth-order valence-corrected chi connectivity index (χ4v) is 1.73. The van der Waals surface area contributed by atoms with Crippen molar-refractivity contribution in [3.8, 4) is 5.75 Å². The van der Waals surface area contributed by atoms with Crippen molar-refractivity contribution in [3.05, 3.63) is 41.7 Å². The first kappa shape index (κ1) is 12.5. The fourth-order valence-electron chi connectivity index (χ4n) is 1.73. The zero-order valence-electron chi connectivity index (χ0n) is 10.3. The van der Waals surface area contributed by atoms with Gasteiger partial charge in [-0.1, -0.05) is 6.07 Å². The highest BCUT2D eigenvalue weighted by Crippen LogP contribution is 2.22. The number of halogens is 1. The van der Waals surface area contributed by atoms with Gasteiger partial charge in [-0.05, 0) is 17.7 Å². The summed E-state index contributed by atoms with van der Waals surface area (Å²) in [4.78, 5) is 4.09. The summed E-state index contributed by atoms with van der Waals surface area (Å²) in [6.07, 6.45) is 1.97. The molecule has 0 aliphatic heterocycles. The first-order chi connectivity index (χ1) is 8.61. The van der Waals surface area contributed by atoms with Crippen LogP contribution in [0.5, 0.6) is 5.75 Å². The zero-order chi connectivity index (χ0) is 13.1. The van der Waals surface area contributed by atoms with Crippen LogP contribution in [0, 0.1) is 5.82 Å². The molecule has 6 heteroatoms. The number of aromatic nitrogens is 3. The zero-order valence-corrected chi connectivity index (χ0v) is 10.3. The predicted molar refractivity (Wildman–Crippen MR) is 64.6 cm³/mol. The third-order valence-electron chi connectivity index (χ3n) is 2.81. The lowest BCUT2D eigenvalue weighted by molar-refractivity contribution is 0.386. The molecule has 0 amide bonds. The highest BCUT2D eigenvalue weighted by molar-refractivity contribution is 5.31. The van der Waals surface area contributed by atoms with Gasteiger partial charge < -0.3 is 10.5 Å². The third kappa shape index (κ3) is 2.48. The number of rotatable bonds is 4. The summed E-state index contributed by atoms with van der Waals surface area (Å²) in [5.41, 5.74) is 6.73. The van der Waals surface area contributed by atoms with Crippen LogP contribution < -0.4 is 10.5 Å². The fraction of sp³-hybridized carbons (Fsp3) is 0.333. The third-order valence-corrected chi connectivity index (χ3v) is 2.81. The second-order valence-electron chi connectivity index (χ2n) is 4.00. The van der Waals surface area contributed by atoms with Crippen LogP contribution in [-0.4, -0.2) is 21.9 Å². The number of hydrogen-bond donors (Lipinski definition) is 1. The second kappa shape index (κ2) is 5.14. The Kier molecular flexibility index (Phi) is 3.57. The van der Waals surface area contributed by atoms with E-state index in [2.05, 4.69) is 10.1 Å². The minimum absolute atomic E-state index is 0.213. The number of hydrogen-bond acceptors (Lipinski definition) is 4. The van der Waals surface area contributed by atoms with E-state index in [9.17, 15) is 4.39 Å². The Bertz CT molecular complexity index is 541. The Labute approximate surface area is 104 Å². The van der Waals surface area contributed by atoms with Crippen molar-refractivity contribution < 1.29 is 9.13 Å². The molecule has 0 aliphatic carbocycles. The SMILES string of the molecule is COc1ccc(C(N)Cc2ncnn2C)cc1F. The van der Waals surface area contributed by atoms with Crippen LogP contribution in [0.1, 0.15) is 17.4 Å². The lowest BCUT2D eigenvalue weighted by atomic mass is 10.0. The molecular weight excluding hydrogens is 235 g/mol. The van der Waals surface area contributed by atoms with Crippen LogP contribution in [0.25, 0.3) is 0 Å². The largest absolute Gasteiger partial charge is 0.494 e. The molecule has 0 saturated heterocycles. The molecule has 1 atom stereocenters. The summed E-state index contributed by atoms with van der Waals surface area (Å²) in [5, 5.41) is 3.96. The second-order valence-corrected chi connectivity index (χ2v) is 4.00. The monoisotopic (exact) mass is 250 g/mol. The van der Waals surface area contributed by atoms with Crippen molar-refractivity contribution in [2.45, 2.75) is 12.5 Å². The minimum Gasteiger partial charge on any atom is -0.494 e. The van der Waals surface area contributed by atoms with E-state index in [-0.39, 0.29) is 11.8 Å². The summed E-state index contributed by atoms with van der Waals surface area (Å²) in [5.74, 6) is 0.562. The van der Waals surface area contributed by atoms with E-state index >= 15 is 0 Å². The molecule has 0 bridgehead atoms. The Morgan fingerprint density at radius 1 is 1.50 bits per heavy atom. The molecule has 96 valence electrons. The van der Waals surface area contributed by atoms with E-state index in [1.807, 2.05) is 0 Å². The maximum Gasteiger partial charge on any atom is 0.165 e. The van der Waals surface area contributed by atoms with Gasteiger partial charge in [-0.15, -0.1) is 0 Å². The molecule has 18 heavy (non-hydrogen) atoms. The Morgan fingerprint density at radius 3 is 2.83 bits per heavy atom. The van der Waals surface area contributed by atoms with Crippen LogP contribution in [0.4, 0.5) is 4.39 Å². The van der Waals surface area contributed by atoms with Crippen LogP contribution >= 0.6 is 0 Å². The molecule has 1 unspecified atom stereocenters. The Hall–Kier alpha value is -1.95. The van der Waals surface area contributed by atoms with Crippen LogP contribution in [0.15, 0.2) is 24.5 Å². The van der Waals surface area contributed by atoms with Gasteiger partial charge >= 0.3 is 0 Å². The topological polar surface area (TPSA) is 66.0 Å². The van der Waals surface area contributed by atoms with E-state index in [1.165, 1.54) is 19.5 Å². The van der Waals surface area contributed by atoms with E-state index in [0.29, 0.717) is 12.0 Å². The molecular formula is C12H15FN4O. The maximum atomic E-state index is 13.6. The van der Waals surface area contributed by atoms with Gasteiger partial charge in [0.25, 0.3) is 0 Å². The van der Waals surface area contributed by atoms with Crippen molar-refractivity contribution in [3.63, 3.8) is 0 Å². The van der Waals surface area contributed by atoms with E-state index in [0.717, 1.165) is 5.82 Å². The van der Waals surface area contributed by atoms with Crippen molar-refractivity contribution in [2.75, 3.05) is 7.11 Å². The molecule has 1 aromatic carbocycles. The molecule has 2 rings (SSSR count). The van der Waals surface area contributed by atoms with Gasteiger partial charge in [0.05, 0.1) is 7.11 Å². The molecule has 0 aliphatic rings. The van der Waals surface area contributed by atoms with Gasteiger partial charge in [0.15, 0.2) is 11.6 Å². The summed E-state index contributed by atoms with van der Waals surface area (Å²) in [6, 6.07) is 4.39. The smallest absolute Gasteiger partial charge is 0.165 e. The summed E-state index contributed by atoms with van der Waals surface area (Å²) < 4.78 is 20.1. The number of ether oxygens (including phenoxy) is 1. The molecule has 0 spiro atoms. The normalized spacial score (nSPS) is 12.4. The predicted octanol–water partition coefficient (Wildman–Crippen LogP) is 1.21. The molecule has 5 nitrogen and oxygen atoms in total. The number of benzene rings is 1. The highest BCUT2D eigenvalue weighted by Gasteiger charge is 2.13. The average molecular weight is 250 g/mol. The first-order valence-corrected chi connectivity index (χ1v) is 5.53. The highest BCUT2D eigenvalue weighted by atomic mass is 19.1. The summed E-state index contributed by atoms with van der Waals surface area (Å²) >= 11 is 0. The van der Waals surface area contributed by atoms with Crippen molar-refractivity contribution in [2.24, 2.45) is 12.8 Å². The number of nitrogens with two attached hydrogens (primary N) is 1. The van der Waals surface area contributed by atoms with Gasteiger partial charge in [-0.25, -0.2) is 9.37 Å². The van der Waals surface area contributed by atoms with Gasteiger partial charge in [-0.3, -0.25) is 4.68 Å². The Morgan fingerprint density at radius 2 is 2.28 bits per heavy atom. The number of aryl methyl sites for hydroxylation is 1. The lowest BCUT2D eigenvalue weighted by Crippen LogP contribution is -2.16. The first-order valence-electron chi connectivity index (χ1n) is 5.53. The van der Waals surface area contributed by atoms with E-state index in [4.69, 9.17) is 10.5 Å². The molecule has 1 aromatic heterocycles. The van der Waals surface area contributed by atoms with Gasteiger partial charge in [0.2, 0.25) is 0 Å². The number of nitrogens with zero attached hydrogens (tertiary/aromatic N) is 3. The van der Waals surface area contributed by atoms with Crippen molar-refractivity contribution in [1.29, 1.82) is 0 Å². The summed E-state index contributed by atoms with van der Waals surface area (Å²) in [7, 11) is 3.22. The summed E-state index contributed by atoms with van der Waals surface area (Å²) in [6.45, 7) is 0. The molecule has 0 saturated carbocycles. The van der Waals surface area contributed by atoms with Gasteiger partial charge in [-0.2, -0.15) is 5.10 Å². The Balaban J connectivity index is 2.16. The van der Waals surface area contributed by atoms with Crippen molar-refractivity contribution in [1.82, 2.24) is 14.8 Å². The van der Waals surface area contributed by atoms with Crippen LogP contribution in [0.3, 0.4) is 0 Å². The van der Waals surface area contributed by atoms with E-state index < -0.39 is 5.82 Å². The van der Waals surface area contributed by atoms with E-state index in [1.54, 1.807) is 23.9 Å². The van der Waals surface area contributed by atoms with Gasteiger partial charge in [0, 0.05) is 19.5 Å². The lowest BCUT2D eigenvalue weighted by Gasteiger charge is -2.12. The van der Waals surface area contributed by atoms with Crippen LogP contribution in [0.2, 0.25) is 0 Å². The molecule has 1 heterocycles. The molecule has 0 fully saturated rings. The van der Waals surface area contributed by atoms with Crippen LogP contribution in [-0.2, 0) is 13.5 Å². The average Bonchev–Trinajstić information content (AvgIpc) is 2.75. The minimum atomic E-state index is -0.414. The molecule has 0 radical (unpaired) electrons. The number of methoxy groups -OCH3 is 1. The molecule has 2 aromatic rings. The van der Waals surface area contributed by atoms with Crippen molar-refractivity contribution >= 4 is 0 Å². The maximum absolute atomic E-state index is 13.6. The molecule has 2 N–H and O–H groups in total. The van der Waals surface area contributed by atoms with Gasteiger partial charge in [0.1, 0.15) is 12.2 Å². The quantitative estimate of drug-likeness (QED) is 0.885. The standard InChI is InChI=1S/C12H15FN4O/c1-17-12(15-7-16-17)6-10(14)8-3-4-11(18-2)9(13)5-8/h3-5,7,10H,6,14H2,1-2H3.